The molecule has 3 atom stereocenters. The number of piperidine rings is 1. The van der Waals surface area contributed by atoms with Crippen LogP contribution in [0.2, 0.25) is 5.02 Å². The molecule has 6 rings (SSSR count). The summed E-state index contributed by atoms with van der Waals surface area (Å²) in [5, 5.41) is 10.9. The number of aromatic nitrogens is 2. The third kappa shape index (κ3) is 3.11. The van der Waals surface area contributed by atoms with Crippen molar-refractivity contribution in [2.24, 2.45) is 0 Å². The number of benzene rings is 1. The van der Waals surface area contributed by atoms with E-state index in [1.807, 2.05) is 12.1 Å². The zero-order valence-electron chi connectivity index (χ0n) is 17.4. The number of hydrogen-bond acceptors (Lipinski definition) is 6. The van der Waals surface area contributed by atoms with Gasteiger partial charge in [0, 0.05) is 17.1 Å². The summed E-state index contributed by atoms with van der Waals surface area (Å²) in [6.45, 7) is 0.0840. The Morgan fingerprint density at radius 2 is 1.87 bits per heavy atom. The third-order valence-corrected chi connectivity index (χ3v) is 9.45. The van der Waals surface area contributed by atoms with E-state index >= 15 is 0 Å². The molecule has 1 aliphatic carbocycles. The molecule has 8 heteroatoms. The molecule has 2 bridgehead atoms. The maximum absolute atomic E-state index is 12.7. The monoisotopic (exact) mass is 458 g/mol. The van der Waals surface area contributed by atoms with Crippen molar-refractivity contribution in [3.05, 3.63) is 41.0 Å². The lowest BCUT2D eigenvalue weighted by atomic mass is 9.76. The van der Waals surface area contributed by atoms with Crippen LogP contribution >= 0.6 is 11.6 Å². The minimum Gasteiger partial charge on any atom is -0.394 e. The van der Waals surface area contributed by atoms with Gasteiger partial charge in [0.15, 0.2) is 5.82 Å². The van der Waals surface area contributed by atoms with Crippen molar-refractivity contribution in [2.75, 3.05) is 22.3 Å². The molecule has 164 valence electrons. The van der Waals surface area contributed by atoms with Crippen molar-refractivity contribution in [2.45, 2.75) is 73.4 Å². The Bertz CT molecular complexity index is 1010. The van der Waals surface area contributed by atoms with Gasteiger partial charge in [-0.2, -0.15) is 4.98 Å². The lowest BCUT2D eigenvalue weighted by Crippen LogP contribution is -2.56. The summed E-state index contributed by atoms with van der Waals surface area (Å²) >= 11 is 6.08. The van der Waals surface area contributed by atoms with Crippen molar-refractivity contribution < 1.29 is 9.32 Å². The molecule has 31 heavy (non-hydrogen) atoms. The number of anilines is 2. The fourth-order valence-corrected chi connectivity index (χ4v) is 7.48. The molecular weight excluding hydrogens is 432 g/mol. The Kier molecular flexibility index (Phi) is 4.78. The summed E-state index contributed by atoms with van der Waals surface area (Å²) in [6.07, 6.45) is 9.22. The molecule has 1 N–H and O–H groups in total. The van der Waals surface area contributed by atoms with Crippen LogP contribution < -0.4 is 9.80 Å². The Balaban J connectivity index is 1.29. The van der Waals surface area contributed by atoms with Gasteiger partial charge < -0.3 is 14.9 Å². The molecule has 6 nitrogen and oxygen atoms in total. The van der Waals surface area contributed by atoms with Crippen LogP contribution in [0.5, 0.6) is 0 Å². The average molecular weight is 459 g/mol. The summed E-state index contributed by atoms with van der Waals surface area (Å²) in [5.74, 6) is 2.49. The maximum atomic E-state index is 12.7. The number of nitrogens with zero attached hydrogens (tertiary/aromatic N) is 4. The second kappa shape index (κ2) is 7.42. The third-order valence-electron chi connectivity index (χ3n) is 7.93. The molecular formula is C23H27ClN4O2S. The van der Waals surface area contributed by atoms with E-state index in [0.717, 1.165) is 61.7 Å². The van der Waals surface area contributed by atoms with Gasteiger partial charge in [0.05, 0.1) is 29.1 Å². The lowest BCUT2D eigenvalue weighted by molar-refractivity contribution is 0.119. The lowest BCUT2D eigenvalue weighted by Gasteiger charge is -2.48. The van der Waals surface area contributed by atoms with Gasteiger partial charge >= 0.3 is 0 Å². The van der Waals surface area contributed by atoms with Crippen LogP contribution in [-0.4, -0.2) is 49.4 Å². The van der Waals surface area contributed by atoms with Crippen LogP contribution in [0.3, 0.4) is 0 Å². The molecule has 4 aliphatic rings. The second-order valence-corrected chi connectivity index (χ2v) is 11.3. The molecule has 2 aromatic rings. The molecule has 0 amide bonds. The molecule has 4 heterocycles. The van der Waals surface area contributed by atoms with Crippen LogP contribution in [0.4, 0.5) is 11.8 Å². The molecule has 3 aliphatic heterocycles. The fraction of sp³-hybridized carbons (Fsp3) is 0.565. The summed E-state index contributed by atoms with van der Waals surface area (Å²) in [5.41, 5.74) is 1.07. The first-order valence-corrected chi connectivity index (χ1v) is 13.0. The van der Waals surface area contributed by atoms with Crippen LogP contribution in [0.15, 0.2) is 35.4 Å². The summed E-state index contributed by atoms with van der Waals surface area (Å²) in [6, 6.07) is 9.14. The van der Waals surface area contributed by atoms with Gasteiger partial charge in [0.2, 0.25) is 5.95 Å². The Morgan fingerprint density at radius 1 is 1.16 bits per heavy atom. The molecule has 1 saturated carbocycles. The van der Waals surface area contributed by atoms with Crippen molar-refractivity contribution in [3.8, 4) is 0 Å². The fourth-order valence-electron chi connectivity index (χ4n) is 6.05. The highest BCUT2D eigenvalue weighted by molar-refractivity contribution is 7.85. The van der Waals surface area contributed by atoms with Crippen molar-refractivity contribution in [3.63, 3.8) is 0 Å². The number of fused-ring (bicyclic) bond motifs is 3. The quantitative estimate of drug-likeness (QED) is 0.750. The Labute approximate surface area is 190 Å². The number of hydrogen-bond donors (Lipinski definition) is 1. The minimum absolute atomic E-state index is 0.0840. The van der Waals surface area contributed by atoms with E-state index in [4.69, 9.17) is 16.6 Å². The van der Waals surface area contributed by atoms with Gasteiger partial charge in [-0.25, -0.2) is 4.98 Å². The van der Waals surface area contributed by atoms with E-state index in [1.54, 1.807) is 6.20 Å². The highest BCUT2D eigenvalue weighted by Gasteiger charge is 2.48. The SMILES string of the molecule is O=[S@@]1CN(C2(CO)CCC2)c2nc(N3C4CCC3CC(c3ccc(Cl)cc3)C4)ncc21. The van der Waals surface area contributed by atoms with Crippen LogP contribution in [0, 0.1) is 0 Å². The van der Waals surface area contributed by atoms with Gasteiger partial charge in [-0.15, -0.1) is 0 Å². The van der Waals surface area contributed by atoms with E-state index < -0.39 is 10.8 Å². The molecule has 1 aromatic heterocycles. The average Bonchev–Trinajstić information content (AvgIpc) is 3.21. The first-order chi connectivity index (χ1) is 15.1. The van der Waals surface area contributed by atoms with Gasteiger partial charge in [0.25, 0.3) is 0 Å². The number of aliphatic hydroxyl groups excluding tert-OH is 1. The van der Waals surface area contributed by atoms with E-state index in [-0.39, 0.29) is 12.1 Å². The second-order valence-electron chi connectivity index (χ2n) is 9.51. The Hall–Kier alpha value is -1.70. The van der Waals surface area contributed by atoms with Crippen LogP contribution in [-0.2, 0) is 10.8 Å². The first kappa shape index (κ1) is 19.9. The summed E-state index contributed by atoms with van der Waals surface area (Å²) < 4.78 is 12.7. The van der Waals surface area contributed by atoms with E-state index in [1.165, 1.54) is 5.56 Å². The molecule has 2 saturated heterocycles. The van der Waals surface area contributed by atoms with Crippen molar-refractivity contribution in [1.82, 2.24) is 9.97 Å². The van der Waals surface area contributed by atoms with Crippen molar-refractivity contribution >= 4 is 34.2 Å². The summed E-state index contributed by atoms with van der Waals surface area (Å²) in [4.78, 5) is 14.9. The Morgan fingerprint density at radius 3 is 2.48 bits per heavy atom. The van der Waals surface area contributed by atoms with Gasteiger partial charge in [0.1, 0.15) is 10.8 Å². The predicted octanol–water partition coefficient (Wildman–Crippen LogP) is 3.85. The first-order valence-electron chi connectivity index (χ1n) is 11.3. The van der Waals surface area contributed by atoms with Gasteiger partial charge in [-0.05, 0) is 68.6 Å². The normalized spacial score (nSPS) is 30.9. The minimum atomic E-state index is -1.13. The predicted molar refractivity (Wildman–Crippen MR) is 122 cm³/mol. The van der Waals surface area contributed by atoms with E-state index in [9.17, 15) is 9.32 Å². The molecule has 2 unspecified atom stereocenters. The standard InChI is InChI=1S/C23H27ClN4O2S/c24-17-4-2-15(3-5-17)16-10-18-6-7-19(11-16)28(18)22-25-12-20-21(26-22)27(14-31(20)30)23(13-29)8-1-9-23/h2-5,12,16,18-19,29H,1,6-11,13-14H2/t16?,18?,19?,31-/m1/s1. The summed E-state index contributed by atoms with van der Waals surface area (Å²) in [7, 11) is -1.13. The molecule has 3 fully saturated rings. The highest BCUT2D eigenvalue weighted by Crippen LogP contribution is 2.47. The van der Waals surface area contributed by atoms with Gasteiger partial charge in [-0.3, -0.25) is 4.21 Å². The molecule has 1 aromatic carbocycles. The zero-order chi connectivity index (χ0) is 21.2. The topological polar surface area (TPSA) is 69.6 Å². The number of rotatable bonds is 4. The number of aliphatic hydroxyl groups is 1. The highest BCUT2D eigenvalue weighted by atomic mass is 35.5. The van der Waals surface area contributed by atoms with Crippen molar-refractivity contribution in [1.29, 1.82) is 0 Å². The zero-order valence-corrected chi connectivity index (χ0v) is 19.0. The smallest absolute Gasteiger partial charge is 0.227 e. The number of halogens is 1. The van der Waals surface area contributed by atoms with E-state index in [0.29, 0.717) is 28.8 Å². The van der Waals surface area contributed by atoms with Gasteiger partial charge in [-0.1, -0.05) is 23.7 Å². The molecule has 0 spiro atoms. The largest absolute Gasteiger partial charge is 0.394 e. The van der Waals surface area contributed by atoms with Crippen LogP contribution in [0.25, 0.3) is 0 Å². The van der Waals surface area contributed by atoms with E-state index in [2.05, 4.69) is 26.9 Å². The van der Waals surface area contributed by atoms with Crippen LogP contribution in [0.1, 0.15) is 56.4 Å². The maximum Gasteiger partial charge on any atom is 0.227 e. The molecule has 0 radical (unpaired) electrons.